The highest BCUT2D eigenvalue weighted by Crippen LogP contribution is 2.43. The van der Waals surface area contributed by atoms with Gasteiger partial charge in [-0.2, -0.15) is 0 Å². The van der Waals surface area contributed by atoms with Crippen molar-refractivity contribution >= 4 is 38.6 Å². The van der Waals surface area contributed by atoms with E-state index in [9.17, 15) is 0 Å². The number of aromatic nitrogens is 1. The summed E-state index contributed by atoms with van der Waals surface area (Å²) < 4.78 is 3.76. The van der Waals surface area contributed by atoms with Gasteiger partial charge in [-0.1, -0.05) is 49.6 Å². The average Bonchev–Trinajstić information content (AvgIpc) is 2.92. The van der Waals surface area contributed by atoms with Gasteiger partial charge < -0.3 is 4.57 Å². The molecule has 0 spiro atoms. The molecule has 1 aliphatic carbocycles. The maximum Gasteiger partial charge on any atom is 0.0900 e. The van der Waals surface area contributed by atoms with Crippen molar-refractivity contribution in [1.29, 1.82) is 0 Å². The highest BCUT2D eigenvalue weighted by atomic mass is 79.9. The first-order valence-electron chi connectivity index (χ1n) is 9.20. The summed E-state index contributed by atoms with van der Waals surface area (Å²) in [7, 11) is 0. The van der Waals surface area contributed by atoms with Crippen molar-refractivity contribution < 1.29 is 0 Å². The first-order valence-corrected chi connectivity index (χ1v) is 11.0. The van der Waals surface area contributed by atoms with E-state index in [0.717, 1.165) is 5.88 Å². The molecule has 1 aromatic heterocycles. The third-order valence-electron chi connectivity index (χ3n) is 5.31. The standard InChI is InChI=1S/C22H24BrNS/c1-16-12-13-19-20(14-16)24(15-25-18-10-6-3-7-11-18)22(23)21(19)17-8-4-2-5-9-17/h3,6-7,10-14,17H,2,4-5,8-9,15H2,1H3. The van der Waals surface area contributed by atoms with E-state index in [1.165, 1.54) is 58.1 Å². The lowest BCUT2D eigenvalue weighted by atomic mass is 9.84. The summed E-state index contributed by atoms with van der Waals surface area (Å²) in [5, 5.41) is 1.44. The Balaban J connectivity index is 1.74. The fourth-order valence-electron chi connectivity index (χ4n) is 4.02. The second kappa shape index (κ2) is 7.59. The number of fused-ring (bicyclic) bond motifs is 1. The summed E-state index contributed by atoms with van der Waals surface area (Å²) in [6.07, 6.45) is 6.80. The summed E-state index contributed by atoms with van der Waals surface area (Å²) in [5.74, 6) is 1.65. The number of thioether (sulfide) groups is 1. The van der Waals surface area contributed by atoms with Crippen LogP contribution in [0.3, 0.4) is 0 Å². The van der Waals surface area contributed by atoms with E-state index < -0.39 is 0 Å². The molecule has 1 nitrogen and oxygen atoms in total. The Morgan fingerprint density at radius 3 is 2.56 bits per heavy atom. The molecule has 0 N–H and O–H groups in total. The molecular formula is C22H24BrNS. The van der Waals surface area contributed by atoms with Crippen LogP contribution in [0.4, 0.5) is 0 Å². The molecule has 2 aromatic carbocycles. The zero-order valence-corrected chi connectivity index (χ0v) is 17.1. The number of rotatable bonds is 4. The van der Waals surface area contributed by atoms with Gasteiger partial charge in [0.15, 0.2) is 0 Å². The molecule has 1 heterocycles. The molecule has 25 heavy (non-hydrogen) atoms. The number of hydrogen-bond donors (Lipinski definition) is 0. The Morgan fingerprint density at radius 2 is 1.80 bits per heavy atom. The van der Waals surface area contributed by atoms with Gasteiger partial charge >= 0.3 is 0 Å². The molecule has 3 heteroatoms. The molecule has 4 rings (SSSR count). The molecule has 0 bridgehead atoms. The van der Waals surface area contributed by atoms with Crippen LogP contribution in [-0.2, 0) is 5.88 Å². The molecule has 1 aliphatic rings. The van der Waals surface area contributed by atoms with Crippen molar-refractivity contribution in [1.82, 2.24) is 4.57 Å². The molecule has 0 saturated heterocycles. The van der Waals surface area contributed by atoms with Gasteiger partial charge in [0, 0.05) is 10.3 Å². The highest BCUT2D eigenvalue weighted by molar-refractivity contribution is 9.10. The SMILES string of the molecule is Cc1ccc2c(C3CCCCC3)c(Br)n(CSc3ccccc3)c2c1. The minimum absolute atomic E-state index is 0.705. The Bertz CT molecular complexity index is 863. The first-order chi connectivity index (χ1) is 12.2. The summed E-state index contributed by atoms with van der Waals surface area (Å²) in [6.45, 7) is 2.19. The lowest BCUT2D eigenvalue weighted by Crippen LogP contribution is -2.05. The molecule has 3 aromatic rings. The van der Waals surface area contributed by atoms with Gasteiger partial charge in [-0.3, -0.25) is 0 Å². The zero-order chi connectivity index (χ0) is 17.2. The average molecular weight is 414 g/mol. The van der Waals surface area contributed by atoms with Crippen LogP contribution < -0.4 is 0 Å². The van der Waals surface area contributed by atoms with Gasteiger partial charge in [-0.25, -0.2) is 0 Å². The Kier molecular flexibility index (Phi) is 5.23. The van der Waals surface area contributed by atoms with Crippen LogP contribution in [0.25, 0.3) is 10.9 Å². The predicted octanol–water partition coefficient (Wildman–Crippen LogP) is 7.51. The number of benzene rings is 2. The second-order valence-corrected chi connectivity index (χ2v) is 8.84. The second-order valence-electron chi connectivity index (χ2n) is 7.07. The number of nitrogens with zero attached hydrogens (tertiary/aromatic N) is 1. The summed E-state index contributed by atoms with van der Waals surface area (Å²) >= 11 is 5.88. The van der Waals surface area contributed by atoms with Crippen molar-refractivity contribution in [3.8, 4) is 0 Å². The number of halogens is 1. The van der Waals surface area contributed by atoms with E-state index in [1.807, 2.05) is 11.8 Å². The minimum atomic E-state index is 0.705. The molecular weight excluding hydrogens is 390 g/mol. The van der Waals surface area contributed by atoms with Crippen molar-refractivity contribution in [3.63, 3.8) is 0 Å². The van der Waals surface area contributed by atoms with Crippen LogP contribution in [0.5, 0.6) is 0 Å². The van der Waals surface area contributed by atoms with Crippen LogP contribution in [0.1, 0.15) is 49.1 Å². The molecule has 1 saturated carbocycles. The Hall–Kier alpha value is -1.19. The van der Waals surface area contributed by atoms with Crippen molar-refractivity contribution in [2.75, 3.05) is 0 Å². The Morgan fingerprint density at radius 1 is 1.04 bits per heavy atom. The molecule has 1 fully saturated rings. The zero-order valence-electron chi connectivity index (χ0n) is 14.7. The van der Waals surface area contributed by atoms with Gasteiger partial charge in [-0.15, -0.1) is 11.8 Å². The smallest absolute Gasteiger partial charge is 0.0900 e. The van der Waals surface area contributed by atoms with E-state index in [4.69, 9.17) is 0 Å². The van der Waals surface area contributed by atoms with Crippen LogP contribution >= 0.6 is 27.7 Å². The van der Waals surface area contributed by atoms with Crippen LogP contribution in [0, 0.1) is 6.92 Å². The molecule has 0 unspecified atom stereocenters. The van der Waals surface area contributed by atoms with E-state index in [1.54, 1.807) is 5.56 Å². The van der Waals surface area contributed by atoms with E-state index >= 15 is 0 Å². The quantitative estimate of drug-likeness (QED) is 0.400. The first kappa shape index (κ1) is 17.2. The summed E-state index contributed by atoms with van der Waals surface area (Å²) in [4.78, 5) is 1.32. The fourth-order valence-corrected chi connectivity index (χ4v) is 5.93. The van der Waals surface area contributed by atoms with Gasteiger partial charge in [0.25, 0.3) is 0 Å². The fraction of sp³-hybridized carbons (Fsp3) is 0.364. The lowest BCUT2D eigenvalue weighted by Gasteiger charge is -2.22. The third-order valence-corrected chi connectivity index (χ3v) is 7.16. The molecule has 0 amide bonds. The maximum absolute atomic E-state index is 3.98. The topological polar surface area (TPSA) is 4.93 Å². The maximum atomic E-state index is 3.98. The van der Waals surface area contributed by atoms with Gasteiger partial charge in [0.2, 0.25) is 0 Å². The van der Waals surface area contributed by atoms with Gasteiger partial charge in [0.1, 0.15) is 0 Å². The van der Waals surface area contributed by atoms with Crippen LogP contribution in [0.15, 0.2) is 58.0 Å². The third kappa shape index (κ3) is 3.54. The van der Waals surface area contributed by atoms with Crippen molar-refractivity contribution in [3.05, 3.63) is 64.3 Å². The van der Waals surface area contributed by atoms with Crippen LogP contribution in [-0.4, -0.2) is 4.57 Å². The summed E-state index contributed by atoms with van der Waals surface area (Å²) in [5.41, 5.74) is 4.25. The highest BCUT2D eigenvalue weighted by Gasteiger charge is 2.24. The molecule has 130 valence electrons. The minimum Gasteiger partial charge on any atom is -0.325 e. The molecule has 0 atom stereocenters. The lowest BCUT2D eigenvalue weighted by molar-refractivity contribution is 0.444. The van der Waals surface area contributed by atoms with E-state index in [0.29, 0.717) is 5.92 Å². The van der Waals surface area contributed by atoms with Crippen molar-refractivity contribution in [2.24, 2.45) is 0 Å². The van der Waals surface area contributed by atoms with Crippen LogP contribution in [0.2, 0.25) is 0 Å². The number of aryl methyl sites for hydroxylation is 1. The van der Waals surface area contributed by atoms with Gasteiger partial charge in [0.05, 0.1) is 16.0 Å². The largest absolute Gasteiger partial charge is 0.325 e. The molecule has 0 aliphatic heterocycles. The van der Waals surface area contributed by atoms with E-state index in [-0.39, 0.29) is 0 Å². The monoisotopic (exact) mass is 413 g/mol. The van der Waals surface area contributed by atoms with Gasteiger partial charge in [-0.05, 0) is 70.9 Å². The molecule has 0 radical (unpaired) electrons. The normalized spacial score (nSPS) is 15.8. The predicted molar refractivity (Wildman–Crippen MR) is 113 cm³/mol. The Labute approximate surface area is 162 Å². The summed E-state index contributed by atoms with van der Waals surface area (Å²) in [6, 6.07) is 17.6. The number of hydrogen-bond acceptors (Lipinski definition) is 1. The van der Waals surface area contributed by atoms with Crippen molar-refractivity contribution in [2.45, 2.75) is 55.7 Å². The van der Waals surface area contributed by atoms with E-state index in [2.05, 4.69) is 76.0 Å².